The van der Waals surface area contributed by atoms with E-state index in [0.29, 0.717) is 12.0 Å². The van der Waals surface area contributed by atoms with Crippen molar-refractivity contribution in [2.24, 2.45) is 5.92 Å². The second-order valence-corrected chi connectivity index (χ2v) is 6.48. The average Bonchev–Trinajstić information content (AvgIpc) is 2.48. The van der Waals surface area contributed by atoms with E-state index in [1.807, 2.05) is 0 Å². The Kier molecular flexibility index (Phi) is 6.07. The van der Waals surface area contributed by atoms with Crippen LogP contribution in [-0.2, 0) is 11.3 Å². The third-order valence-electron chi connectivity index (χ3n) is 4.15. The van der Waals surface area contributed by atoms with E-state index >= 15 is 0 Å². The van der Waals surface area contributed by atoms with Gasteiger partial charge in [-0.05, 0) is 49.1 Å². The Morgan fingerprint density at radius 2 is 2.19 bits per heavy atom. The summed E-state index contributed by atoms with van der Waals surface area (Å²) in [5, 5.41) is 3.52. The van der Waals surface area contributed by atoms with Crippen molar-refractivity contribution in [2.75, 3.05) is 31.1 Å². The predicted molar refractivity (Wildman–Crippen MR) is 90.0 cm³/mol. The summed E-state index contributed by atoms with van der Waals surface area (Å²) in [7, 11) is 0. The molecule has 1 aliphatic heterocycles. The highest BCUT2D eigenvalue weighted by molar-refractivity contribution is 5.51. The molecule has 3 heteroatoms. The largest absolute Gasteiger partial charge is 0.375 e. The number of rotatable bonds is 6. The third-order valence-corrected chi connectivity index (χ3v) is 4.15. The number of ether oxygens (including phenoxy) is 1. The van der Waals surface area contributed by atoms with E-state index in [1.165, 1.54) is 16.8 Å². The van der Waals surface area contributed by atoms with Gasteiger partial charge in [0.15, 0.2) is 0 Å². The first-order chi connectivity index (χ1) is 10.1. The molecule has 0 bridgehead atoms. The number of aryl methyl sites for hydroxylation is 1. The summed E-state index contributed by atoms with van der Waals surface area (Å²) in [6.45, 7) is 13.8. The van der Waals surface area contributed by atoms with E-state index in [1.54, 1.807) is 0 Å². The van der Waals surface area contributed by atoms with Gasteiger partial charge in [0.2, 0.25) is 0 Å². The van der Waals surface area contributed by atoms with Crippen molar-refractivity contribution in [1.29, 1.82) is 0 Å². The number of nitrogens with one attached hydrogen (secondary N) is 1. The topological polar surface area (TPSA) is 24.5 Å². The third kappa shape index (κ3) is 4.72. The molecule has 1 aromatic carbocycles. The van der Waals surface area contributed by atoms with Crippen molar-refractivity contribution >= 4 is 5.69 Å². The molecule has 1 aromatic rings. The number of morpholine rings is 1. The number of hydrogen-bond acceptors (Lipinski definition) is 3. The van der Waals surface area contributed by atoms with E-state index in [0.717, 1.165) is 39.2 Å². The molecule has 118 valence electrons. The molecule has 1 atom stereocenters. The fourth-order valence-electron chi connectivity index (χ4n) is 2.77. The molecule has 21 heavy (non-hydrogen) atoms. The Labute approximate surface area is 129 Å². The van der Waals surface area contributed by atoms with Gasteiger partial charge >= 0.3 is 0 Å². The summed E-state index contributed by atoms with van der Waals surface area (Å²) in [5.41, 5.74) is 4.12. The highest BCUT2D eigenvalue weighted by Crippen LogP contribution is 2.22. The quantitative estimate of drug-likeness (QED) is 0.869. The minimum absolute atomic E-state index is 0.381. The molecule has 1 saturated heterocycles. The van der Waals surface area contributed by atoms with Gasteiger partial charge in [-0.25, -0.2) is 0 Å². The zero-order valence-electron chi connectivity index (χ0n) is 14.0. The first kappa shape index (κ1) is 16.3. The zero-order chi connectivity index (χ0) is 15.2. The standard InChI is InChI=1S/C18H30N2O/c1-5-18-13-20(8-9-21-18)17-7-6-16(15(4)10-17)12-19-11-14(2)3/h6-7,10,14,18-19H,5,8-9,11-13H2,1-4H3. The lowest BCUT2D eigenvalue weighted by Crippen LogP contribution is -2.42. The average molecular weight is 290 g/mol. The second-order valence-electron chi connectivity index (χ2n) is 6.48. The van der Waals surface area contributed by atoms with Gasteiger partial charge in [0.05, 0.1) is 12.7 Å². The van der Waals surface area contributed by atoms with Crippen LogP contribution in [0.1, 0.15) is 38.3 Å². The normalized spacial score (nSPS) is 19.3. The van der Waals surface area contributed by atoms with Crippen LogP contribution in [0, 0.1) is 12.8 Å². The lowest BCUT2D eigenvalue weighted by Gasteiger charge is -2.34. The van der Waals surface area contributed by atoms with Crippen molar-refractivity contribution in [2.45, 2.75) is 46.8 Å². The summed E-state index contributed by atoms with van der Waals surface area (Å²) in [4.78, 5) is 2.45. The molecule has 1 unspecified atom stereocenters. The van der Waals surface area contributed by atoms with Crippen molar-refractivity contribution in [3.63, 3.8) is 0 Å². The number of nitrogens with zero attached hydrogens (tertiary/aromatic N) is 1. The fourth-order valence-corrected chi connectivity index (χ4v) is 2.77. The van der Waals surface area contributed by atoms with Crippen LogP contribution in [0.2, 0.25) is 0 Å². The molecule has 0 radical (unpaired) electrons. The van der Waals surface area contributed by atoms with Crippen molar-refractivity contribution < 1.29 is 4.74 Å². The van der Waals surface area contributed by atoms with Crippen LogP contribution in [0.5, 0.6) is 0 Å². The van der Waals surface area contributed by atoms with Gasteiger partial charge in [0, 0.05) is 25.3 Å². The highest BCUT2D eigenvalue weighted by atomic mass is 16.5. The summed E-state index contributed by atoms with van der Waals surface area (Å²) in [6, 6.07) is 6.86. The summed E-state index contributed by atoms with van der Waals surface area (Å²) >= 11 is 0. The molecule has 1 N–H and O–H groups in total. The molecule has 0 amide bonds. The SMILES string of the molecule is CCC1CN(c2ccc(CNCC(C)C)c(C)c2)CCO1. The first-order valence-corrected chi connectivity index (χ1v) is 8.27. The van der Waals surface area contributed by atoms with Crippen LogP contribution in [0.25, 0.3) is 0 Å². The molecule has 1 fully saturated rings. The molecule has 0 spiro atoms. The first-order valence-electron chi connectivity index (χ1n) is 8.27. The van der Waals surface area contributed by atoms with Crippen LogP contribution in [0.15, 0.2) is 18.2 Å². The second kappa shape index (κ2) is 7.81. The van der Waals surface area contributed by atoms with Crippen molar-refractivity contribution in [3.05, 3.63) is 29.3 Å². The molecule has 1 aliphatic rings. The molecule has 3 nitrogen and oxygen atoms in total. The van der Waals surface area contributed by atoms with E-state index in [4.69, 9.17) is 4.74 Å². The molecule has 2 rings (SSSR count). The number of anilines is 1. The number of benzene rings is 1. The summed E-state index contributed by atoms with van der Waals surface area (Å²) in [5.74, 6) is 0.698. The Bertz CT molecular complexity index is 445. The van der Waals surface area contributed by atoms with Gasteiger partial charge in [0.25, 0.3) is 0 Å². The lowest BCUT2D eigenvalue weighted by atomic mass is 10.1. The van der Waals surface area contributed by atoms with Crippen molar-refractivity contribution in [3.8, 4) is 0 Å². The smallest absolute Gasteiger partial charge is 0.0748 e. The minimum Gasteiger partial charge on any atom is -0.375 e. The summed E-state index contributed by atoms with van der Waals surface area (Å²) in [6.07, 6.45) is 1.47. The fraction of sp³-hybridized carbons (Fsp3) is 0.667. The molecular weight excluding hydrogens is 260 g/mol. The lowest BCUT2D eigenvalue weighted by molar-refractivity contribution is 0.0384. The number of hydrogen-bond donors (Lipinski definition) is 1. The summed E-state index contributed by atoms with van der Waals surface area (Å²) < 4.78 is 5.76. The maximum absolute atomic E-state index is 5.76. The predicted octanol–water partition coefficient (Wildman–Crippen LogP) is 3.36. The highest BCUT2D eigenvalue weighted by Gasteiger charge is 2.19. The minimum atomic E-state index is 0.381. The van der Waals surface area contributed by atoms with E-state index in [-0.39, 0.29) is 0 Å². The maximum atomic E-state index is 5.76. The van der Waals surface area contributed by atoms with Gasteiger partial charge < -0.3 is 15.0 Å². The van der Waals surface area contributed by atoms with Crippen LogP contribution in [0.3, 0.4) is 0 Å². The van der Waals surface area contributed by atoms with Crippen LogP contribution in [-0.4, -0.2) is 32.3 Å². The van der Waals surface area contributed by atoms with Gasteiger partial charge in [-0.1, -0.05) is 26.8 Å². The molecule has 0 aliphatic carbocycles. The van der Waals surface area contributed by atoms with Gasteiger partial charge in [-0.15, -0.1) is 0 Å². The Morgan fingerprint density at radius 3 is 2.86 bits per heavy atom. The van der Waals surface area contributed by atoms with E-state index in [9.17, 15) is 0 Å². The monoisotopic (exact) mass is 290 g/mol. The maximum Gasteiger partial charge on any atom is 0.0748 e. The van der Waals surface area contributed by atoms with Gasteiger partial charge in [0.1, 0.15) is 0 Å². The van der Waals surface area contributed by atoms with Crippen LogP contribution < -0.4 is 10.2 Å². The van der Waals surface area contributed by atoms with Gasteiger partial charge in [-0.3, -0.25) is 0 Å². The van der Waals surface area contributed by atoms with E-state index < -0.39 is 0 Å². The Balaban J connectivity index is 1.97. The van der Waals surface area contributed by atoms with Gasteiger partial charge in [-0.2, -0.15) is 0 Å². The van der Waals surface area contributed by atoms with Crippen LogP contribution >= 0.6 is 0 Å². The van der Waals surface area contributed by atoms with Crippen molar-refractivity contribution in [1.82, 2.24) is 5.32 Å². The van der Waals surface area contributed by atoms with E-state index in [2.05, 4.69) is 56.1 Å². The Morgan fingerprint density at radius 1 is 1.38 bits per heavy atom. The Hall–Kier alpha value is -1.06. The molecule has 0 aromatic heterocycles. The van der Waals surface area contributed by atoms with Crippen LogP contribution in [0.4, 0.5) is 5.69 Å². The molecule has 1 heterocycles. The molecule has 0 saturated carbocycles. The zero-order valence-corrected chi connectivity index (χ0v) is 14.0. The molecular formula is C18H30N2O.